The highest BCUT2D eigenvalue weighted by atomic mass is 32.2. The van der Waals surface area contributed by atoms with E-state index in [9.17, 15) is 4.79 Å². The van der Waals surface area contributed by atoms with E-state index in [0.717, 1.165) is 6.54 Å². The van der Waals surface area contributed by atoms with Crippen LogP contribution in [0.25, 0.3) is 0 Å². The van der Waals surface area contributed by atoms with E-state index in [4.69, 9.17) is 5.11 Å². The Balaban J connectivity index is 1.97. The number of aliphatic hydroxyl groups is 1. The van der Waals surface area contributed by atoms with Crippen LogP contribution in [0.15, 0.2) is 24.3 Å². The van der Waals surface area contributed by atoms with Crippen molar-refractivity contribution < 1.29 is 9.90 Å². The van der Waals surface area contributed by atoms with Crippen LogP contribution in [0.4, 0.5) is 0 Å². The molecule has 1 heterocycles. The standard InChI is InChI=1S/C16H19NO2S/c18-9-3-5-14-4-1-2-6-15(14)16(19)17-12-13-7-10-20-11-8-13/h1-2,4,6,13,18H,7-12H2,(H,17,19). The van der Waals surface area contributed by atoms with Gasteiger partial charge in [0, 0.05) is 12.1 Å². The lowest BCUT2D eigenvalue weighted by molar-refractivity contribution is 0.0946. The number of carbonyl (C=O) groups excluding carboxylic acids is 1. The lowest BCUT2D eigenvalue weighted by atomic mass is 10.0. The molecule has 0 radical (unpaired) electrons. The van der Waals surface area contributed by atoms with Crippen molar-refractivity contribution in [1.29, 1.82) is 0 Å². The fourth-order valence-corrected chi connectivity index (χ4v) is 3.41. The normalized spacial score (nSPS) is 15.2. The van der Waals surface area contributed by atoms with Crippen LogP contribution in [0, 0.1) is 17.8 Å². The maximum Gasteiger partial charge on any atom is 0.252 e. The van der Waals surface area contributed by atoms with Crippen LogP contribution in [0.3, 0.4) is 0 Å². The molecule has 1 aliphatic heterocycles. The molecule has 0 saturated carbocycles. The molecule has 4 heteroatoms. The molecule has 0 aliphatic carbocycles. The van der Waals surface area contributed by atoms with Crippen molar-refractivity contribution in [2.45, 2.75) is 12.8 Å². The fourth-order valence-electron chi connectivity index (χ4n) is 2.21. The van der Waals surface area contributed by atoms with Gasteiger partial charge in [-0.15, -0.1) is 0 Å². The number of benzene rings is 1. The van der Waals surface area contributed by atoms with Gasteiger partial charge in [-0.3, -0.25) is 4.79 Å². The van der Waals surface area contributed by atoms with Crippen LogP contribution in [0.5, 0.6) is 0 Å². The molecule has 0 spiro atoms. The van der Waals surface area contributed by atoms with E-state index in [2.05, 4.69) is 17.2 Å². The van der Waals surface area contributed by atoms with Gasteiger partial charge < -0.3 is 10.4 Å². The Hall–Kier alpha value is -1.44. The zero-order chi connectivity index (χ0) is 14.2. The van der Waals surface area contributed by atoms with Crippen LogP contribution < -0.4 is 5.32 Å². The molecule has 1 aliphatic rings. The Morgan fingerprint density at radius 3 is 2.85 bits per heavy atom. The third kappa shape index (κ3) is 4.29. The smallest absolute Gasteiger partial charge is 0.252 e. The molecule has 1 aromatic rings. The summed E-state index contributed by atoms with van der Waals surface area (Å²) in [5.41, 5.74) is 1.25. The molecular weight excluding hydrogens is 270 g/mol. The molecule has 1 fully saturated rings. The molecule has 1 aromatic carbocycles. The minimum atomic E-state index is -0.199. The third-order valence-corrected chi connectivity index (χ3v) is 4.41. The van der Waals surface area contributed by atoms with Crippen molar-refractivity contribution in [3.63, 3.8) is 0 Å². The summed E-state index contributed by atoms with van der Waals surface area (Å²) in [6.07, 6.45) is 2.35. The van der Waals surface area contributed by atoms with E-state index >= 15 is 0 Å². The summed E-state index contributed by atoms with van der Waals surface area (Å²) in [5, 5.41) is 11.8. The Morgan fingerprint density at radius 2 is 2.10 bits per heavy atom. The van der Waals surface area contributed by atoms with Crippen LogP contribution >= 0.6 is 11.8 Å². The first-order valence-corrected chi connectivity index (χ1v) is 8.01. The Bertz CT molecular complexity index is 513. The topological polar surface area (TPSA) is 49.3 Å². The molecule has 0 aromatic heterocycles. The maximum atomic E-state index is 12.2. The van der Waals surface area contributed by atoms with E-state index in [1.165, 1.54) is 24.3 Å². The highest BCUT2D eigenvalue weighted by molar-refractivity contribution is 7.99. The molecule has 2 rings (SSSR count). The molecule has 106 valence electrons. The van der Waals surface area contributed by atoms with Gasteiger partial charge in [-0.1, -0.05) is 24.0 Å². The summed E-state index contributed by atoms with van der Waals surface area (Å²) >= 11 is 1.99. The molecule has 20 heavy (non-hydrogen) atoms. The van der Waals surface area contributed by atoms with Crippen molar-refractivity contribution in [3.05, 3.63) is 35.4 Å². The van der Waals surface area contributed by atoms with Gasteiger partial charge in [0.05, 0.1) is 5.56 Å². The monoisotopic (exact) mass is 289 g/mol. The Morgan fingerprint density at radius 1 is 1.35 bits per heavy atom. The molecule has 0 unspecified atom stereocenters. The van der Waals surface area contributed by atoms with E-state index in [1.807, 2.05) is 23.9 Å². The molecule has 1 amide bonds. The Kier molecular flexibility index (Phi) is 5.97. The molecule has 2 N–H and O–H groups in total. The average molecular weight is 289 g/mol. The van der Waals surface area contributed by atoms with E-state index in [1.54, 1.807) is 12.1 Å². The van der Waals surface area contributed by atoms with Crippen LogP contribution in [-0.4, -0.2) is 35.7 Å². The number of carbonyl (C=O) groups is 1. The second kappa shape index (κ2) is 7.98. The zero-order valence-electron chi connectivity index (χ0n) is 11.4. The largest absolute Gasteiger partial charge is 0.384 e. The molecule has 1 saturated heterocycles. The number of hydrogen-bond donors (Lipinski definition) is 2. The van der Waals surface area contributed by atoms with Gasteiger partial charge in [0.2, 0.25) is 0 Å². The highest BCUT2D eigenvalue weighted by Gasteiger charge is 2.16. The number of rotatable bonds is 3. The van der Waals surface area contributed by atoms with Crippen LogP contribution in [-0.2, 0) is 0 Å². The highest BCUT2D eigenvalue weighted by Crippen LogP contribution is 2.22. The summed E-state index contributed by atoms with van der Waals surface area (Å²) in [5.74, 6) is 8.31. The molecule has 0 bridgehead atoms. The zero-order valence-corrected chi connectivity index (χ0v) is 12.2. The van der Waals surface area contributed by atoms with E-state index in [-0.39, 0.29) is 12.5 Å². The number of thioether (sulfide) groups is 1. The molecule has 3 nitrogen and oxygen atoms in total. The number of amides is 1. The van der Waals surface area contributed by atoms with Gasteiger partial charge in [-0.05, 0) is 42.4 Å². The lowest BCUT2D eigenvalue weighted by Crippen LogP contribution is -2.31. The summed E-state index contributed by atoms with van der Waals surface area (Å²) in [6.45, 7) is 0.539. The summed E-state index contributed by atoms with van der Waals surface area (Å²) in [4.78, 5) is 12.2. The summed E-state index contributed by atoms with van der Waals surface area (Å²) in [6, 6.07) is 7.25. The number of aliphatic hydroxyl groups excluding tert-OH is 1. The first kappa shape index (κ1) is 15.0. The first-order valence-electron chi connectivity index (χ1n) is 6.86. The number of nitrogens with one attached hydrogen (secondary N) is 1. The third-order valence-electron chi connectivity index (χ3n) is 3.37. The van der Waals surface area contributed by atoms with Crippen molar-refractivity contribution in [1.82, 2.24) is 5.32 Å². The van der Waals surface area contributed by atoms with Gasteiger partial charge in [-0.25, -0.2) is 0 Å². The Labute approximate surface area is 124 Å². The van der Waals surface area contributed by atoms with Crippen LogP contribution in [0.1, 0.15) is 28.8 Å². The lowest BCUT2D eigenvalue weighted by Gasteiger charge is -2.21. The van der Waals surface area contributed by atoms with Crippen molar-refractivity contribution in [2.24, 2.45) is 5.92 Å². The number of hydrogen-bond acceptors (Lipinski definition) is 3. The second-order valence-electron chi connectivity index (χ2n) is 4.77. The predicted octanol–water partition coefficient (Wildman–Crippen LogP) is 1.90. The van der Waals surface area contributed by atoms with Gasteiger partial charge in [-0.2, -0.15) is 11.8 Å². The summed E-state index contributed by atoms with van der Waals surface area (Å²) in [7, 11) is 0. The fraction of sp³-hybridized carbons (Fsp3) is 0.438. The summed E-state index contributed by atoms with van der Waals surface area (Å²) < 4.78 is 0. The van der Waals surface area contributed by atoms with Gasteiger partial charge in [0.15, 0.2) is 0 Å². The second-order valence-corrected chi connectivity index (χ2v) is 6.00. The van der Waals surface area contributed by atoms with E-state index in [0.29, 0.717) is 17.0 Å². The minimum absolute atomic E-state index is 0.0777. The van der Waals surface area contributed by atoms with Gasteiger partial charge in [0.25, 0.3) is 5.91 Å². The minimum Gasteiger partial charge on any atom is -0.384 e. The van der Waals surface area contributed by atoms with Crippen LogP contribution in [0.2, 0.25) is 0 Å². The van der Waals surface area contributed by atoms with E-state index < -0.39 is 0 Å². The van der Waals surface area contributed by atoms with Crippen molar-refractivity contribution >= 4 is 17.7 Å². The quantitative estimate of drug-likeness (QED) is 0.836. The molecule has 0 atom stereocenters. The maximum absolute atomic E-state index is 12.2. The predicted molar refractivity (Wildman–Crippen MR) is 82.8 cm³/mol. The van der Waals surface area contributed by atoms with Gasteiger partial charge >= 0.3 is 0 Å². The first-order chi connectivity index (χ1) is 9.81. The molecular formula is C16H19NO2S. The van der Waals surface area contributed by atoms with Crippen molar-refractivity contribution in [2.75, 3.05) is 24.7 Å². The average Bonchev–Trinajstić information content (AvgIpc) is 2.52. The van der Waals surface area contributed by atoms with Gasteiger partial charge in [0.1, 0.15) is 6.61 Å². The SMILES string of the molecule is O=C(NCC1CCSCC1)c1ccccc1C#CCO. The van der Waals surface area contributed by atoms with Crippen molar-refractivity contribution in [3.8, 4) is 11.8 Å².